The molecule has 7 nitrogen and oxygen atoms in total. The number of amides is 2. The summed E-state index contributed by atoms with van der Waals surface area (Å²) in [7, 11) is 1.77. The number of halogens is 1. The second kappa shape index (κ2) is 7.13. The summed E-state index contributed by atoms with van der Waals surface area (Å²) in [5, 5.41) is 18.5. The fraction of sp³-hybridized carbons (Fsp3) is 0.375. The summed E-state index contributed by atoms with van der Waals surface area (Å²) in [5.74, 6) is -1.04. The lowest BCUT2D eigenvalue weighted by molar-refractivity contribution is -0.0224. The van der Waals surface area contributed by atoms with Gasteiger partial charge in [-0.25, -0.2) is 4.39 Å². The number of hydrogen-bond donors (Lipinski definition) is 2. The Hall–Kier alpha value is -3.26. The SMILES string of the molecule is Cn1cc2c(C(=O)Nc3cc(F)cc4c3C(=O)N([C@H](C3CC3)C(C)(C)O)C4)cccc2n1. The molecule has 0 saturated heterocycles. The van der Waals surface area contributed by atoms with Gasteiger partial charge in [-0.05, 0) is 62.4 Å². The van der Waals surface area contributed by atoms with Gasteiger partial charge in [0.2, 0.25) is 0 Å². The second-order valence-electron chi connectivity index (χ2n) is 9.35. The number of carbonyl (C=O) groups is 2. The maximum atomic E-state index is 14.4. The van der Waals surface area contributed by atoms with E-state index in [1.54, 1.807) is 48.8 Å². The van der Waals surface area contributed by atoms with Crippen LogP contribution in [0.5, 0.6) is 0 Å². The Morgan fingerprint density at radius 2 is 2.06 bits per heavy atom. The molecule has 0 radical (unpaired) electrons. The molecule has 3 aromatic rings. The van der Waals surface area contributed by atoms with E-state index in [0.717, 1.165) is 12.8 Å². The summed E-state index contributed by atoms with van der Waals surface area (Å²) in [5.41, 5.74) is 0.917. The number of anilines is 1. The third kappa shape index (κ3) is 3.44. The molecule has 0 unspecified atom stereocenters. The lowest BCUT2D eigenvalue weighted by Crippen LogP contribution is -2.51. The minimum absolute atomic E-state index is 0.142. The average Bonchev–Trinajstić information content (AvgIpc) is 3.35. The Morgan fingerprint density at radius 1 is 1.31 bits per heavy atom. The molecule has 166 valence electrons. The van der Waals surface area contributed by atoms with Crippen molar-refractivity contribution in [1.29, 1.82) is 0 Å². The van der Waals surface area contributed by atoms with Gasteiger partial charge in [0.25, 0.3) is 11.8 Å². The van der Waals surface area contributed by atoms with Gasteiger partial charge in [0, 0.05) is 25.2 Å². The van der Waals surface area contributed by atoms with Crippen molar-refractivity contribution in [2.75, 3.05) is 5.32 Å². The third-order valence-corrected chi connectivity index (χ3v) is 6.29. The van der Waals surface area contributed by atoms with E-state index in [1.807, 2.05) is 6.07 Å². The van der Waals surface area contributed by atoms with E-state index in [4.69, 9.17) is 0 Å². The van der Waals surface area contributed by atoms with Crippen LogP contribution in [0.1, 0.15) is 53.0 Å². The molecule has 0 spiro atoms. The van der Waals surface area contributed by atoms with Gasteiger partial charge in [-0.15, -0.1) is 0 Å². The van der Waals surface area contributed by atoms with Gasteiger partial charge < -0.3 is 15.3 Å². The number of carbonyl (C=O) groups excluding carboxylic acids is 2. The molecule has 2 amide bonds. The zero-order valence-electron chi connectivity index (χ0n) is 18.2. The molecule has 5 rings (SSSR count). The number of nitrogens with zero attached hydrogens (tertiary/aromatic N) is 3. The maximum Gasteiger partial charge on any atom is 0.256 e. The molecule has 2 aliphatic rings. The third-order valence-electron chi connectivity index (χ3n) is 6.29. The molecule has 2 N–H and O–H groups in total. The number of aromatic nitrogens is 2. The largest absolute Gasteiger partial charge is 0.388 e. The first-order valence-electron chi connectivity index (χ1n) is 10.7. The van der Waals surface area contributed by atoms with Crippen LogP contribution in [-0.2, 0) is 13.6 Å². The Bertz CT molecular complexity index is 1260. The van der Waals surface area contributed by atoms with Crippen molar-refractivity contribution in [2.45, 2.75) is 44.9 Å². The predicted octanol–water partition coefficient (Wildman–Crippen LogP) is 3.47. The van der Waals surface area contributed by atoms with Gasteiger partial charge in [-0.3, -0.25) is 14.3 Å². The van der Waals surface area contributed by atoms with Crippen LogP contribution in [0, 0.1) is 11.7 Å². The van der Waals surface area contributed by atoms with Crippen LogP contribution >= 0.6 is 0 Å². The summed E-state index contributed by atoms with van der Waals surface area (Å²) in [6, 6.07) is 7.36. The van der Waals surface area contributed by atoms with Crippen LogP contribution in [0.25, 0.3) is 10.9 Å². The molecule has 1 aromatic heterocycles. The summed E-state index contributed by atoms with van der Waals surface area (Å²) < 4.78 is 16.1. The van der Waals surface area contributed by atoms with E-state index in [2.05, 4.69) is 10.4 Å². The molecule has 0 bridgehead atoms. The van der Waals surface area contributed by atoms with Crippen molar-refractivity contribution in [3.05, 3.63) is 59.0 Å². The van der Waals surface area contributed by atoms with Crippen LogP contribution in [0.4, 0.5) is 10.1 Å². The molecule has 1 aliphatic heterocycles. The Kier molecular flexibility index (Phi) is 4.60. The highest BCUT2D eigenvalue weighted by Gasteiger charge is 2.48. The minimum Gasteiger partial charge on any atom is -0.388 e. The number of fused-ring (bicyclic) bond motifs is 2. The quantitative estimate of drug-likeness (QED) is 0.641. The van der Waals surface area contributed by atoms with Crippen LogP contribution in [0.2, 0.25) is 0 Å². The van der Waals surface area contributed by atoms with Gasteiger partial charge in [0.1, 0.15) is 5.82 Å². The van der Waals surface area contributed by atoms with Crippen molar-refractivity contribution in [2.24, 2.45) is 13.0 Å². The molecule has 8 heteroatoms. The van der Waals surface area contributed by atoms with E-state index in [0.29, 0.717) is 22.0 Å². The number of hydrogen-bond acceptors (Lipinski definition) is 4. The van der Waals surface area contributed by atoms with Crippen molar-refractivity contribution in [1.82, 2.24) is 14.7 Å². The highest BCUT2D eigenvalue weighted by molar-refractivity contribution is 6.15. The zero-order valence-corrected chi connectivity index (χ0v) is 18.2. The molecule has 1 fully saturated rings. The summed E-state index contributed by atoms with van der Waals surface area (Å²) in [6.45, 7) is 3.60. The first-order chi connectivity index (χ1) is 15.1. The standard InChI is InChI=1S/C24H25FN4O3/c1-24(2,32)21(13-7-8-13)29-11-14-9-15(25)10-19(20(14)23(29)31)26-22(30)16-5-4-6-18-17(16)12-28(3)27-18/h4-6,9-10,12-13,21,32H,7-8,11H2,1-3H3,(H,26,30)/t21-/m1/s1. The second-order valence-corrected chi connectivity index (χ2v) is 9.35. The molecular weight excluding hydrogens is 411 g/mol. The monoisotopic (exact) mass is 436 g/mol. The van der Waals surface area contributed by atoms with Crippen molar-refractivity contribution in [3.8, 4) is 0 Å². The van der Waals surface area contributed by atoms with Crippen LogP contribution < -0.4 is 5.32 Å². The van der Waals surface area contributed by atoms with Crippen LogP contribution in [-0.4, -0.2) is 43.2 Å². The maximum absolute atomic E-state index is 14.4. The first-order valence-corrected chi connectivity index (χ1v) is 10.7. The molecular formula is C24H25FN4O3. The predicted molar refractivity (Wildman–Crippen MR) is 118 cm³/mol. The fourth-order valence-electron chi connectivity index (χ4n) is 4.94. The van der Waals surface area contributed by atoms with E-state index in [9.17, 15) is 19.1 Å². The molecule has 2 aromatic carbocycles. The molecule has 2 heterocycles. The van der Waals surface area contributed by atoms with E-state index < -0.39 is 17.3 Å². The molecule has 1 atom stereocenters. The smallest absolute Gasteiger partial charge is 0.256 e. The van der Waals surface area contributed by atoms with Gasteiger partial charge in [-0.1, -0.05) is 6.07 Å². The lowest BCUT2D eigenvalue weighted by atomic mass is 9.93. The normalized spacial score (nSPS) is 17.0. The van der Waals surface area contributed by atoms with E-state index in [1.165, 1.54) is 12.1 Å². The zero-order chi connectivity index (χ0) is 22.8. The minimum atomic E-state index is -1.09. The number of rotatable bonds is 5. The Morgan fingerprint density at radius 3 is 2.75 bits per heavy atom. The van der Waals surface area contributed by atoms with Gasteiger partial charge in [-0.2, -0.15) is 5.10 Å². The molecule has 1 saturated carbocycles. The first kappa shape index (κ1) is 20.6. The van der Waals surface area contributed by atoms with E-state index >= 15 is 0 Å². The number of benzene rings is 2. The molecule has 1 aliphatic carbocycles. The topological polar surface area (TPSA) is 87.5 Å². The summed E-state index contributed by atoms with van der Waals surface area (Å²) in [4.78, 5) is 28.1. The van der Waals surface area contributed by atoms with Crippen LogP contribution in [0.3, 0.4) is 0 Å². The van der Waals surface area contributed by atoms with Crippen molar-refractivity contribution in [3.63, 3.8) is 0 Å². The van der Waals surface area contributed by atoms with Gasteiger partial charge >= 0.3 is 0 Å². The Labute approximate surface area is 184 Å². The highest BCUT2D eigenvalue weighted by atomic mass is 19.1. The number of aryl methyl sites for hydroxylation is 1. The average molecular weight is 436 g/mol. The fourth-order valence-corrected chi connectivity index (χ4v) is 4.94. The summed E-state index contributed by atoms with van der Waals surface area (Å²) >= 11 is 0. The van der Waals surface area contributed by atoms with Crippen LogP contribution in [0.15, 0.2) is 36.5 Å². The van der Waals surface area contributed by atoms with Gasteiger partial charge in [0.05, 0.1) is 34.0 Å². The highest BCUT2D eigenvalue weighted by Crippen LogP contribution is 2.44. The number of aliphatic hydroxyl groups is 1. The molecule has 32 heavy (non-hydrogen) atoms. The van der Waals surface area contributed by atoms with Crippen molar-refractivity contribution >= 4 is 28.4 Å². The van der Waals surface area contributed by atoms with Crippen molar-refractivity contribution < 1.29 is 19.1 Å². The summed E-state index contributed by atoms with van der Waals surface area (Å²) in [6.07, 6.45) is 3.64. The lowest BCUT2D eigenvalue weighted by Gasteiger charge is -2.37. The van der Waals surface area contributed by atoms with Gasteiger partial charge in [0.15, 0.2) is 0 Å². The van der Waals surface area contributed by atoms with E-state index in [-0.39, 0.29) is 35.7 Å². The number of nitrogens with one attached hydrogen (secondary N) is 1. The Balaban J connectivity index is 1.50.